The number of benzene rings is 1. The Labute approximate surface area is 160 Å². The molecule has 0 unspecified atom stereocenters. The van der Waals surface area contributed by atoms with Gasteiger partial charge in [0.25, 0.3) is 5.56 Å². The van der Waals surface area contributed by atoms with Crippen LogP contribution in [0.2, 0.25) is 0 Å². The second-order valence-electron chi connectivity index (χ2n) is 6.39. The Balaban J connectivity index is 2.07. The number of hydrogen-bond acceptors (Lipinski definition) is 5. The Morgan fingerprint density at radius 2 is 1.81 bits per heavy atom. The molecule has 0 saturated carbocycles. The van der Waals surface area contributed by atoms with Crippen molar-refractivity contribution in [3.05, 3.63) is 68.9 Å². The highest BCUT2D eigenvalue weighted by atomic mass is 32.2. The molecule has 3 aromatic rings. The lowest BCUT2D eigenvalue weighted by Crippen LogP contribution is -2.37. The minimum Gasteiger partial charge on any atom is -0.309 e. The van der Waals surface area contributed by atoms with Gasteiger partial charge in [0, 0.05) is 26.2 Å². The van der Waals surface area contributed by atoms with Crippen molar-refractivity contribution in [1.82, 2.24) is 18.7 Å². The third kappa shape index (κ3) is 3.52. The Morgan fingerprint density at radius 1 is 1.15 bits per heavy atom. The van der Waals surface area contributed by atoms with E-state index in [0.29, 0.717) is 28.4 Å². The normalized spacial score (nSPS) is 11.1. The molecule has 2 aromatic heterocycles. The molecule has 0 aliphatic carbocycles. The number of carbonyl (C=O) groups excluding carboxylic acids is 1. The highest BCUT2D eigenvalue weighted by Crippen LogP contribution is 2.23. The van der Waals surface area contributed by atoms with Crippen LogP contribution < -0.4 is 11.2 Å². The van der Waals surface area contributed by atoms with Gasteiger partial charge in [-0.15, -0.1) is 0 Å². The molecule has 0 amide bonds. The first-order chi connectivity index (χ1) is 12.8. The third-order valence-electron chi connectivity index (χ3n) is 4.17. The molecule has 0 aliphatic rings. The summed E-state index contributed by atoms with van der Waals surface area (Å²) in [6.45, 7) is 6.14. The predicted molar refractivity (Wildman–Crippen MR) is 107 cm³/mol. The van der Waals surface area contributed by atoms with Crippen LogP contribution in [0.1, 0.15) is 17.3 Å². The van der Waals surface area contributed by atoms with Gasteiger partial charge < -0.3 is 4.57 Å². The van der Waals surface area contributed by atoms with E-state index in [4.69, 9.17) is 0 Å². The summed E-state index contributed by atoms with van der Waals surface area (Å²) in [4.78, 5) is 41.7. The lowest BCUT2D eigenvalue weighted by Gasteiger charge is -2.09. The lowest BCUT2D eigenvalue weighted by atomic mass is 10.2. The Kier molecular flexibility index (Phi) is 5.18. The molecular weight excluding hydrogens is 364 g/mol. The summed E-state index contributed by atoms with van der Waals surface area (Å²) in [5.74, 6) is 0.147. The number of nitrogens with zero attached hydrogens (tertiary/aromatic N) is 4. The molecule has 8 heteroatoms. The van der Waals surface area contributed by atoms with E-state index in [1.807, 2.05) is 25.1 Å². The summed E-state index contributed by atoms with van der Waals surface area (Å²) in [6.07, 6.45) is 0. The molecule has 0 fully saturated rings. The van der Waals surface area contributed by atoms with Gasteiger partial charge in [0.15, 0.2) is 22.1 Å². The van der Waals surface area contributed by atoms with Crippen LogP contribution in [0.4, 0.5) is 0 Å². The number of imidazole rings is 1. The third-order valence-corrected chi connectivity index (χ3v) is 5.15. The monoisotopic (exact) mass is 384 g/mol. The fraction of sp³-hybridized carbons (Fsp3) is 0.263. The molecule has 3 rings (SSSR count). The molecule has 0 spiro atoms. The quantitative estimate of drug-likeness (QED) is 0.369. The van der Waals surface area contributed by atoms with Crippen LogP contribution in [-0.2, 0) is 20.6 Å². The van der Waals surface area contributed by atoms with E-state index in [1.165, 1.54) is 23.4 Å². The number of aromatic nitrogens is 4. The number of fused-ring (bicyclic) bond motifs is 1. The Bertz CT molecular complexity index is 1160. The number of ketones is 1. The molecule has 0 aliphatic heterocycles. The first-order valence-electron chi connectivity index (χ1n) is 8.33. The zero-order valence-electron chi connectivity index (χ0n) is 15.4. The van der Waals surface area contributed by atoms with Crippen molar-refractivity contribution in [2.75, 3.05) is 5.75 Å². The van der Waals surface area contributed by atoms with E-state index in [1.54, 1.807) is 23.7 Å². The Morgan fingerprint density at radius 3 is 2.44 bits per heavy atom. The SMILES string of the molecule is C=C(C)Cn1c(SCC(=O)c2ccccc2)nc2c1c(=O)n(C)c(=O)n2C. The van der Waals surface area contributed by atoms with E-state index in [2.05, 4.69) is 11.6 Å². The van der Waals surface area contributed by atoms with Crippen LogP contribution in [0.25, 0.3) is 11.2 Å². The summed E-state index contributed by atoms with van der Waals surface area (Å²) < 4.78 is 4.12. The molecule has 0 N–H and O–H groups in total. The molecule has 0 bridgehead atoms. The Hall–Kier alpha value is -2.87. The molecular formula is C19H20N4O3S. The van der Waals surface area contributed by atoms with Crippen LogP contribution in [0, 0.1) is 0 Å². The van der Waals surface area contributed by atoms with E-state index in [9.17, 15) is 14.4 Å². The maximum Gasteiger partial charge on any atom is 0.332 e. The van der Waals surface area contributed by atoms with Gasteiger partial charge in [-0.05, 0) is 6.92 Å². The van der Waals surface area contributed by atoms with E-state index in [-0.39, 0.29) is 11.5 Å². The first kappa shape index (κ1) is 18.9. The molecule has 1 aromatic carbocycles. The summed E-state index contributed by atoms with van der Waals surface area (Å²) in [6, 6.07) is 9.01. The van der Waals surface area contributed by atoms with Crippen LogP contribution in [0.5, 0.6) is 0 Å². The van der Waals surface area contributed by atoms with Crippen molar-refractivity contribution in [2.45, 2.75) is 18.6 Å². The smallest absolute Gasteiger partial charge is 0.309 e. The van der Waals surface area contributed by atoms with Gasteiger partial charge in [0.05, 0.1) is 5.75 Å². The minimum atomic E-state index is -0.440. The maximum absolute atomic E-state index is 12.7. The maximum atomic E-state index is 12.7. The van der Waals surface area contributed by atoms with Crippen molar-refractivity contribution in [2.24, 2.45) is 14.1 Å². The van der Waals surface area contributed by atoms with Crippen LogP contribution in [-0.4, -0.2) is 30.2 Å². The van der Waals surface area contributed by atoms with Crippen molar-refractivity contribution < 1.29 is 4.79 Å². The predicted octanol–water partition coefficient (Wildman–Crippen LogP) is 1.98. The van der Waals surface area contributed by atoms with Crippen molar-refractivity contribution in [1.29, 1.82) is 0 Å². The van der Waals surface area contributed by atoms with Gasteiger partial charge in [-0.2, -0.15) is 0 Å². The summed E-state index contributed by atoms with van der Waals surface area (Å²) in [5, 5.41) is 0.510. The molecule has 0 atom stereocenters. The molecule has 140 valence electrons. The largest absolute Gasteiger partial charge is 0.332 e. The van der Waals surface area contributed by atoms with Gasteiger partial charge in [0.2, 0.25) is 0 Å². The number of thioether (sulfide) groups is 1. The molecule has 2 heterocycles. The average Bonchev–Trinajstić information content (AvgIpc) is 3.01. The second-order valence-corrected chi connectivity index (χ2v) is 7.34. The van der Waals surface area contributed by atoms with Crippen molar-refractivity contribution in [3.63, 3.8) is 0 Å². The number of rotatable bonds is 6. The molecule has 0 radical (unpaired) electrons. The second kappa shape index (κ2) is 7.40. The van der Waals surface area contributed by atoms with Gasteiger partial charge in [-0.25, -0.2) is 9.78 Å². The molecule has 27 heavy (non-hydrogen) atoms. The van der Waals surface area contributed by atoms with Crippen LogP contribution >= 0.6 is 11.8 Å². The highest BCUT2D eigenvalue weighted by molar-refractivity contribution is 7.99. The number of carbonyl (C=O) groups is 1. The fourth-order valence-corrected chi connectivity index (χ4v) is 3.68. The summed E-state index contributed by atoms with van der Waals surface area (Å²) in [7, 11) is 3.01. The highest BCUT2D eigenvalue weighted by Gasteiger charge is 2.20. The molecule has 0 saturated heterocycles. The minimum absolute atomic E-state index is 0.0312. The summed E-state index contributed by atoms with van der Waals surface area (Å²) in [5.41, 5.74) is 1.24. The topological polar surface area (TPSA) is 78.9 Å². The van der Waals surface area contributed by atoms with Gasteiger partial charge in [-0.3, -0.25) is 18.7 Å². The van der Waals surface area contributed by atoms with Gasteiger partial charge >= 0.3 is 5.69 Å². The van der Waals surface area contributed by atoms with Crippen LogP contribution in [0.15, 0.2) is 57.2 Å². The van der Waals surface area contributed by atoms with Gasteiger partial charge in [0.1, 0.15) is 0 Å². The zero-order valence-corrected chi connectivity index (χ0v) is 16.2. The fourth-order valence-electron chi connectivity index (χ4n) is 2.79. The van der Waals surface area contributed by atoms with E-state index >= 15 is 0 Å². The summed E-state index contributed by atoms with van der Waals surface area (Å²) >= 11 is 1.24. The number of hydrogen-bond donors (Lipinski definition) is 0. The van der Waals surface area contributed by atoms with Crippen LogP contribution in [0.3, 0.4) is 0 Å². The van der Waals surface area contributed by atoms with Crippen molar-refractivity contribution >= 4 is 28.7 Å². The van der Waals surface area contributed by atoms with E-state index < -0.39 is 11.2 Å². The standard InChI is InChI=1S/C19H20N4O3S/c1-12(2)10-23-15-16(21(3)19(26)22(4)17(15)25)20-18(23)27-11-14(24)13-8-6-5-7-9-13/h5-9H,1,10-11H2,2-4H3. The molecule has 7 nitrogen and oxygen atoms in total. The number of aryl methyl sites for hydroxylation is 1. The van der Waals surface area contributed by atoms with Crippen molar-refractivity contribution in [3.8, 4) is 0 Å². The van der Waals surface area contributed by atoms with E-state index in [0.717, 1.165) is 10.1 Å². The first-order valence-corrected chi connectivity index (χ1v) is 9.31. The number of Topliss-reactive ketones (excluding diaryl/α,β-unsaturated/α-hetero) is 1. The number of allylic oxidation sites excluding steroid dienone is 1. The van der Waals surface area contributed by atoms with Gasteiger partial charge in [-0.1, -0.05) is 54.2 Å². The average molecular weight is 384 g/mol. The lowest BCUT2D eigenvalue weighted by molar-refractivity contribution is 0.102. The zero-order chi connectivity index (χ0) is 19.7.